The van der Waals surface area contributed by atoms with Crippen LogP contribution in [0.25, 0.3) is 11.3 Å². The average Bonchev–Trinajstić information content (AvgIpc) is 2.59. The summed E-state index contributed by atoms with van der Waals surface area (Å²) in [6.07, 6.45) is 1.44. The summed E-state index contributed by atoms with van der Waals surface area (Å²) >= 11 is 8.84. The second-order valence-corrected chi connectivity index (χ2v) is 4.74. The van der Waals surface area contributed by atoms with Crippen molar-refractivity contribution in [2.24, 2.45) is 0 Å². The lowest BCUT2D eigenvalue weighted by Gasteiger charge is -2.06. The molecule has 0 fully saturated rings. The Hall–Kier alpha value is -0.990. The maximum Gasteiger partial charge on any atom is 0.188 e. The van der Waals surface area contributed by atoms with Crippen LogP contribution in [0.15, 0.2) is 16.9 Å². The quantitative estimate of drug-likeness (QED) is 0.823. The minimum absolute atomic E-state index is 0.0254. The van der Waals surface area contributed by atoms with E-state index in [0.717, 1.165) is 4.09 Å². The molecule has 0 aliphatic rings. The predicted octanol–water partition coefficient (Wildman–Crippen LogP) is 2.91. The van der Waals surface area contributed by atoms with Crippen molar-refractivity contribution in [3.63, 3.8) is 0 Å². The molecule has 0 aliphatic heterocycles. The highest BCUT2D eigenvalue weighted by Crippen LogP contribution is 2.37. The van der Waals surface area contributed by atoms with Crippen molar-refractivity contribution in [1.29, 1.82) is 0 Å². The van der Waals surface area contributed by atoms with Gasteiger partial charge >= 0.3 is 0 Å². The molecular formula is C8H6BrClFN5S. The first-order valence-electron chi connectivity index (χ1n) is 4.29. The standard InChI is InChI=1S/C8H6BrClFN5S/c9-5-1-3(4(12)2-14-5)7-6(13)8(10)15-16(7)17-11/h1-2H,12-13H2. The molecule has 90 valence electrons. The van der Waals surface area contributed by atoms with Gasteiger partial charge in [-0.1, -0.05) is 11.6 Å². The van der Waals surface area contributed by atoms with Crippen LogP contribution in [-0.2, 0) is 0 Å². The highest BCUT2D eigenvalue weighted by molar-refractivity contribution is 9.10. The summed E-state index contributed by atoms with van der Waals surface area (Å²) in [5.41, 5.74) is 12.9. The number of rotatable bonds is 2. The Morgan fingerprint density at radius 2 is 2.18 bits per heavy atom. The highest BCUT2D eigenvalue weighted by Gasteiger charge is 2.19. The highest BCUT2D eigenvalue weighted by atomic mass is 79.9. The van der Waals surface area contributed by atoms with Gasteiger partial charge in [0.25, 0.3) is 0 Å². The topological polar surface area (TPSA) is 82.8 Å². The van der Waals surface area contributed by atoms with Crippen LogP contribution < -0.4 is 11.5 Å². The van der Waals surface area contributed by atoms with E-state index < -0.39 is 0 Å². The van der Waals surface area contributed by atoms with E-state index in [0.29, 0.717) is 21.5 Å². The molecule has 2 heterocycles. The molecule has 0 atom stereocenters. The van der Waals surface area contributed by atoms with Crippen molar-refractivity contribution in [2.75, 3.05) is 11.5 Å². The molecule has 2 aromatic rings. The Bertz CT molecular complexity index is 575. The molecule has 0 radical (unpaired) electrons. The summed E-state index contributed by atoms with van der Waals surface area (Å²) in [6.45, 7) is 0. The van der Waals surface area contributed by atoms with Crippen molar-refractivity contribution in [3.8, 4) is 11.3 Å². The van der Waals surface area contributed by atoms with Crippen molar-refractivity contribution in [3.05, 3.63) is 22.0 Å². The second kappa shape index (κ2) is 4.71. The first kappa shape index (κ1) is 12.5. The number of pyridine rings is 1. The van der Waals surface area contributed by atoms with Crippen LogP contribution in [0.1, 0.15) is 0 Å². The van der Waals surface area contributed by atoms with Crippen molar-refractivity contribution < 1.29 is 3.89 Å². The molecule has 0 saturated heterocycles. The second-order valence-electron chi connectivity index (χ2n) is 3.09. The molecular weight excluding hydrogens is 333 g/mol. The summed E-state index contributed by atoms with van der Waals surface area (Å²) in [7, 11) is 0. The molecule has 2 rings (SSSR count). The zero-order valence-corrected chi connectivity index (χ0v) is 11.4. The van der Waals surface area contributed by atoms with E-state index >= 15 is 0 Å². The third kappa shape index (κ3) is 2.20. The maximum atomic E-state index is 12.7. The van der Waals surface area contributed by atoms with Crippen LogP contribution in [0.2, 0.25) is 5.15 Å². The van der Waals surface area contributed by atoms with Gasteiger partial charge in [-0.2, -0.15) is 4.09 Å². The third-order valence-corrected chi connectivity index (χ3v) is 3.18. The van der Waals surface area contributed by atoms with Gasteiger partial charge in [0, 0.05) is 5.56 Å². The molecule has 17 heavy (non-hydrogen) atoms. The molecule has 9 heteroatoms. The van der Waals surface area contributed by atoms with Gasteiger partial charge in [-0.15, -0.1) is 8.98 Å². The van der Waals surface area contributed by atoms with Gasteiger partial charge in [0.15, 0.2) is 17.5 Å². The molecule has 0 bridgehead atoms. The van der Waals surface area contributed by atoms with Gasteiger partial charge < -0.3 is 11.5 Å². The van der Waals surface area contributed by atoms with Crippen LogP contribution in [0.3, 0.4) is 0 Å². The van der Waals surface area contributed by atoms with E-state index in [9.17, 15) is 3.89 Å². The molecule has 0 saturated carbocycles. The smallest absolute Gasteiger partial charge is 0.188 e. The van der Waals surface area contributed by atoms with Crippen LogP contribution >= 0.6 is 39.9 Å². The zero-order chi connectivity index (χ0) is 12.6. The van der Waals surface area contributed by atoms with Gasteiger partial charge in [0.05, 0.1) is 17.6 Å². The largest absolute Gasteiger partial charge is 0.397 e. The van der Waals surface area contributed by atoms with Crippen LogP contribution in [-0.4, -0.2) is 14.2 Å². The summed E-state index contributed by atoms with van der Waals surface area (Å²) in [5.74, 6) is 0. The van der Waals surface area contributed by atoms with E-state index in [1.807, 2.05) is 0 Å². The number of hydrogen-bond donors (Lipinski definition) is 2. The summed E-state index contributed by atoms with van der Waals surface area (Å²) < 4.78 is 14.2. The van der Waals surface area contributed by atoms with Gasteiger partial charge in [0.2, 0.25) is 0 Å². The fourth-order valence-electron chi connectivity index (χ4n) is 1.33. The molecule has 0 spiro atoms. The van der Waals surface area contributed by atoms with Crippen molar-refractivity contribution in [1.82, 2.24) is 14.2 Å². The minimum Gasteiger partial charge on any atom is -0.397 e. The number of halogens is 3. The summed E-state index contributed by atoms with van der Waals surface area (Å²) in [5, 5.41) is 3.76. The van der Waals surface area contributed by atoms with Gasteiger partial charge in [-0.05, 0) is 22.0 Å². The van der Waals surface area contributed by atoms with Crippen molar-refractivity contribution in [2.45, 2.75) is 0 Å². The lowest BCUT2D eigenvalue weighted by atomic mass is 10.1. The fraction of sp³-hybridized carbons (Fsp3) is 0. The number of nitrogen functional groups attached to an aromatic ring is 2. The molecule has 0 aromatic carbocycles. The Morgan fingerprint density at radius 1 is 1.47 bits per heavy atom. The van der Waals surface area contributed by atoms with E-state index in [1.54, 1.807) is 6.07 Å². The Morgan fingerprint density at radius 3 is 2.82 bits per heavy atom. The summed E-state index contributed by atoms with van der Waals surface area (Å²) in [4.78, 5) is 3.94. The van der Waals surface area contributed by atoms with Gasteiger partial charge in [-0.3, -0.25) is 0 Å². The number of nitrogens with two attached hydrogens (primary N) is 2. The Balaban J connectivity index is 2.71. The molecule has 4 N–H and O–H groups in total. The molecule has 0 amide bonds. The van der Waals surface area contributed by atoms with E-state index in [2.05, 4.69) is 26.0 Å². The van der Waals surface area contributed by atoms with E-state index in [1.165, 1.54) is 6.20 Å². The SMILES string of the molecule is Nc1cnc(Br)cc1-c1c(N)c(Cl)nn1SF. The molecule has 0 aliphatic carbocycles. The third-order valence-electron chi connectivity index (χ3n) is 2.07. The van der Waals surface area contributed by atoms with Gasteiger partial charge in [0.1, 0.15) is 10.3 Å². The fourth-order valence-corrected chi connectivity index (χ4v) is 2.25. The molecule has 2 aromatic heterocycles. The predicted molar refractivity (Wildman–Crippen MR) is 71.1 cm³/mol. The monoisotopic (exact) mass is 337 g/mol. The Kier molecular flexibility index (Phi) is 3.45. The maximum absolute atomic E-state index is 12.7. The average molecular weight is 339 g/mol. The molecule has 5 nitrogen and oxygen atoms in total. The number of aromatic nitrogens is 3. The number of hydrogen-bond acceptors (Lipinski definition) is 5. The zero-order valence-electron chi connectivity index (χ0n) is 8.19. The normalized spacial score (nSPS) is 10.8. The van der Waals surface area contributed by atoms with Crippen LogP contribution in [0.4, 0.5) is 15.3 Å². The van der Waals surface area contributed by atoms with E-state index in [4.69, 9.17) is 23.1 Å². The Labute approximate surface area is 114 Å². The number of nitrogens with zero attached hydrogens (tertiary/aromatic N) is 3. The lowest BCUT2D eigenvalue weighted by molar-refractivity contribution is 0.881. The lowest BCUT2D eigenvalue weighted by Crippen LogP contribution is -1.98. The van der Waals surface area contributed by atoms with Gasteiger partial charge in [-0.25, -0.2) is 4.98 Å². The van der Waals surface area contributed by atoms with Crippen LogP contribution in [0.5, 0.6) is 0 Å². The van der Waals surface area contributed by atoms with Crippen molar-refractivity contribution >= 4 is 51.2 Å². The first-order valence-corrected chi connectivity index (χ1v) is 6.13. The van der Waals surface area contributed by atoms with E-state index in [-0.39, 0.29) is 23.2 Å². The number of anilines is 2. The molecule has 0 unspecified atom stereocenters. The van der Waals surface area contributed by atoms with Crippen LogP contribution in [0, 0.1) is 0 Å². The minimum atomic E-state index is -0.110. The summed E-state index contributed by atoms with van der Waals surface area (Å²) in [6, 6.07) is 1.62. The first-order chi connectivity index (χ1) is 8.04.